The van der Waals surface area contributed by atoms with Crippen LogP contribution in [0.3, 0.4) is 0 Å². The number of rotatable bonds is 4. The highest BCUT2D eigenvalue weighted by Crippen LogP contribution is 2.48. The Morgan fingerprint density at radius 3 is 2.50 bits per heavy atom. The second-order valence-corrected chi connectivity index (χ2v) is 15.4. The van der Waals surface area contributed by atoms with Gasteiger partial charge in [0.2, 0.25) is 0 Å². The van der Waals surface area contributed by atoms with Gasteiger partial charge in [-0.15, -0.1) is 0 Å². The molecule has 4 atom stereocenters. The first kappa shape index (κ1) is 22.1. The van der Waals surface area contributed by atoms with Gasteiger partial charge < -0.3 is 18.6 Å². The van der Waals surface area contributed by atoms with E-state index in [1.807, 2.05) is 25.3 Å². The number of aromatic nitrogens is 4. The highest BCUT2D eigenvalue weighted by molar-refractivity contribution is 6.74. The standard InChI is InChI=1S/C20H31ClN4O4Si/c1-18(2,3)30(7,8)26-9-12-14-15(29-19(4,5)28-14)20(6,27-12)25-11-24-13-16(21)22-10-23-17(13)25/h10-12,14-15H,9H2,1-8H3/t12-,14-,15-,20+/m1/s1. The molecule has 0 spiro atoms. The van der Waals surface area contributed by atoms with Crippen molar-refractivity contribution in [3.05, 3.63) is 17.8 Å². The van der Waals surface area contributed by atoms with E-state index in [0.717, 1.165) is 0 Å². The Morgan fingerprint density at radius 2 is 1.83 bits per heavy atom. The zero-order valence-corrected chi connectivity index (χ0v) is 20.6. The molecule has 0 radical (unpaired) electrons. The number of halogens is 1. The molecular formula is C20H31ClN4O4Si. The first-order valence-electron chi connectivity index (χ1n) is 10.3. The third-order valence-electron chi connectivity index (χ3n) is 6.60. The van der Waals surface area contributed by atoms with Gasteiger partial charge in [-0.3, -0.25) is 4.57 Å². The van der Waals surface area contributed by atoms with Crippen molar-refractivity contribution in [2.45, 2.75) is 89.5 Å². The third kappa shape index (κ3) is 3.49. The van der Waals surface area contributed by atoms with Crippen LogP contribution in [0.2, 0.25) is 23.3 Å². The number of hydrogen-bond donors (Lipinski definition) is 0. The second-order valence-electron chi connectivity index (χ2n) is 10.3. The Kier molecular flexibility index (Phi) is 5.12. The SMILES string of the molecule is CC1(C)O[C@H]2[C@@H](O1)[C@@](C)(n1cnc3c(Cl)ncnc31)O[C@@H]2CO[Si](C)(C)C(C)(C)C. The predicted molar refractivity (Wildman–Crippen MR) is 116 cm³/mol. The van der Waals surface area contributed by atoms with Gasteiger partial charge in [-0.05, 0) is 38.9 Å². The summed E-state index contributed by atoms with van der Waals surface area (Å²) in [6.07, 6.45) is 2.18. The number of hydrogen-bond acceptors (Lipinski definition) is 7. The zero-order valence-electron chi connectivity index (χ0n) is 18.9. The van der Waals surface area contributed by atoms with Crippen molar-refractivity contribution in [1.82, 2.24) is 19.5 Å². The molecule has 2 saturated heterocycles. The van der Waals surface area contributed by atoms with Crippen LogP contribution in [0.4, 0.5) is 0 Å². The Balaban J connectivity index is 1.68. The molecule has 0 unspecified atom stereocenters. The van der Waals surface area contributed by atoms with E-state index in [9.17, 15) is 0 Å². The Morgan fingerprint density at radius 1 is 1.13 bits per heavy atom. The van der Waals surface area contributed by atoms with Gasteiger partial charge in [-0.2, -0.15) is 0 Å². The molecule has 2 aromatic rings. The highest BCUT2D eigenvalue weighted by atomic mass is 35.5. The second kappa shape index (κ2) is 6.95. The van der Waals surface area contributed by atoms with Crippen molar-refractivity contribution in [3.8, 4) is 0 Å². The van der Waals surface area contributed by atoms with Crippen molar-refractivity contribution >= 4 is 31.1 Å². The molecule has 0 aromatic carbocycles. The van der Waals surface area contributed by atoms with Crippen molar-refractivity contribution in [3.63, 3.8) is 0 Å². The molecule has 8 nitrogen and oxygen atoms in total. The minimum atomic E-state index is -1.95. The molecule has 30 heavy (non-hydrogen) atoms. The summed E-state index contributed by atoms with van der Waals surface area (Å²) in [5, 5.41) is 0.410. The lowest BCUT2D eigenvalue weighted by Crippen LogP contribution is -2.44. The van der Waals surface area contributed by atoms with Gasteiger partial charge in [0.15, 0.2) is 30.6 Å². The quantitative estimate of drug-likeness (QED) is 0.508. The van der Waals surface area contributed by atoms with Gasteiger partial charge >= 0.3 is 0 Å². The summed E-state index contributed by atoms with van der Waals surface area (Å²) in [7, 11) is -1.95. The van der Waals surface area contributed by atoms with Crippen molar-refractivity contribution in [2.24, 2.45) is 0 Å². The van der Waals surface area contributed by atoms with Crippen LogP contribution < -0.4 is 0 Å². The minimum absolute atomic E-state index is 0.106. The summed E-state index contributed by atoms with van der Waals surface area (Å²) < 4.78 is 27.5. The molecule has 10 heteroatoms. The normalized spacial score (nSPS) is 31.4. The van der Waals surface area contributed by atoms with E-state index < -0.39 is 19.8 Å². The lowest BCUT2D eigenvalue weighted by molar-refractivity contribution is -0.227. The molecular weight excluding hydrogens is 424 g/mol. The molecule has 2 aliphatic heterocycles. The molecule has 0 saturated carbocycles. The average molecular weight is 455 g/mol. The molecule has 2 aromatic heterocycles. The molecule has 4 rings (SSSR count). The Labute approximate surface area is 183 Å². The van der Waals surface area contributed by atoms with Gasteiger partial charge in [0.25, 0.3) is 0 Å². The predicted octanol–water partition coefficient (Wildman–Crippen LogP) is 4.09. The van der Waals surface area contributed by atoms with Crippen molar-refractivity contribution in [2.75, 3.05) is 6.61 Å². The molecule has 0 N–H and O–H groups in total. The van der Waals surface area contributed by atoms with Gasteiger partial charge in [0, 0.05) is 0 Å². The van der Waals surface area contributed by atoms with Gasteiger partial charge in [-0.25, -0.2) is 15.0 Å². The number of fused-ring (bicyclic) bond motifs is 2. The van der Waals surface area contributed by atoms with Gasteiger partial charge in [-0.1, -0.05) is 32.4 Å². The molecule has 166 valence electrons. The van der Waals surface area contributed by atoms with Crippen LogP contribution in [-0.2, 0) is 24.4 Å². The molecule has 0 amide bonds. The van der Waals surface area contributed by atoms with E-state index >= 15 is 0 Å². The first-order chi connectivity index (χ1) is 13.8. The number of imidazole rings is 1. The van der Waals surface area contributed by atoms with Crippen LogP contribution in [0.25, 0.3) is 11.2 Å². The largest absolute Gasteiger partial charge is 0.414 e. The molecule has 2 fully saturated rings. The van der Waals surface area contributed by atoms with E-state index in [0.29, 0.717) is 22.9 Å². The van der Waals surface area contributed by atoms with E-state index in [2.05, 4.69) is 48.8 Å². The molecule has 4 heterocycles. The number of nitrogens with zero attached hydrogens (tertiary/aromatic N) is 4. The molecule has 0 aliphatic carbocycles. The summed E-state index contributed by atoms with van der Waals surface area (Å²) in [6.45, 7) is 17.4. The lowest BCUT2D eigenvalue weighted by atomic mass is 10.0. The van der Waals surface area contributed by atoms with Gasteiger partial charge in [0.05, 0.1) is 12.9 Å². The topological polar surface area (TPSA) is 80.5 Å². The Bertz CT molecular complexity index is 960. The highest BCUT2D eigenvalue weighted by Gasteiger charge is 2.62. The summed E-state index contributed by atoms with van der Waals surface area (Å²) in [5.74, 6) is -0.724. The van der Waals surface area contributed by atoms with Crippen LogP contribution in [0.5, 0.6) is 0 Å². The maximum atomic E-state index is 6.58. The fourth-order valence-electron chi connectivity index (χ4n) is 3.88. The summed E-state index contributed by atoms with van der Waals surface area (Å²) >= 11 is 6.21. The fraction of sp³-hybridized carbons (Fsp3) is 0.750. The molecule has 2 aliphatic rings. The van der Waals surface area contributed by atoms with E-state index in [1.165, 1.54) is 6.33 Å². The average Bonchev–Trinajstić information content (AvgIpc) is 3.25. The van der Waals surface area contributed by atoms with E-state index in [4.69, 9.17) is 30.2 Å². The van der Waals surface area contributed by atoms with Crippen LogP contribution in [0.15, 0.2) is 12.7 Å². The van der Waals surface area contributed by atoms with Crippen LogP contribution >= 0.6 is 11.6 Å². The van der Waals surface area contributed by atoms with E-state index in [-0.39, 0.29) is 23.4 Å². The monoisotopic (exact) mass is 454 g/mol. The lowest BCUT2D eigenvalue weighted by Gasteiger charge is -2.37. The van der Waals surface area contributed by atoms with Crippen molar-refractivity contribution < 1.29 is 18.6 Å². The van der Waals surface area contributed by atoms with E-state index in [1.54, 1.807) is 6.33 Å². The van der Waals surface area contributed by atoms with Crippen LogP contribution in [0.1, 0.15) is 41.5 Å². The summed E-state index contributed by atoms with van der Waals surface area (Å²) in [6, 6.07) is 0. The third-order valence-corrected chi connectivity index (χ3v) is 11.4. The Hall–Kier alpha value is -1.10. The smallest absolute Gasteiger partial charge is 0.192 e. The maximum Gasteiger partial charge on any atom is 0.192 e. The van der Waals surface area contributed by atoms with Crippen molar-refractivity contribution in [1.29, 1.82) is 0 Å². The zero-order chi connectivity index (χ0) is 22.1. The minimum Gasteiger partial charge on any atom is -0.414 e. The summed E-state index contributed by atoms with van der Waals surface area (Å²) in [4.78, 5) is 12.8. The maximum absolute atomic E-state index is 6.58. The molecule has 0 bridgehead atoms. The number of ether oxygens (including phenoxy) is 3. The van der Waals surface area contributed by atoms with Crippen LogP contribution in [0, 0.1) is 0 Å². The van der Waals surface area contributed by atoms with Crippen LogP contribution in [-0.4, -0.2) is 58.5 Å². The van der Waals surface area contributed by atoms with Gasteiger partial charge in [0.1, 0.15) is 30.2 Å². The summed E-state index contributed by atoms with van der Waals surface area (Å²) in [5.41, 5.74) is 0.238. The first-order valence-corrected chi connectivity index (χ1v) is 13.6. The fourth-order valence-corrected chi connectivity index (χ4v) is 5.07.